The molecule has 1 heterocycles. The lowest BCUT2D eigenvalue weighted by Crippen LogP contribution is -2.37. The summed E-state index contributed by atoms with van der Waals surface area (Å²) >= 11 is 0. The van der Waals surface area contributed by atoms with Gasteiger partial charge in [-0.25, -0.2) is 0 Å². The molecule has 2 amide bonds. The Morgan fingerprint density at radius 1 is 1.20 bits per heavy atom. The Morgan fingerprint density at radius 2 is 2.00 bits per heavy atom. The number of nitrogens with zero attached hydrogens (tertiary/aromatic N) is 2. The standard InChI is InChI=1S/C19H23N3O3/c1-2-3-7-13-22(15-18(23)20-17-12-14-25-21-17)19(24)11-10-16-8-5-4-6-9-16/h4-6,8-12,14H,2-3,7,13,15H2,1H3,(H,20,21,23). The van der Waals surface area contributed by atoms with E-state index in [-0.39, 0.29) is 18.4 Å². The fraction of sp³-hybridized carbons (Fsp3) is 0.316. The van der Waals surface area contributed by atoms with Gasteiger partial charge in [-0.3, -0.25) is 9.59 Å². The van der Waals surface area contributed by atoms with Gasteiger partial charge in [0, 0.05) is 18.7 Å². The molecule has 132 valence electrons. The van der Waals surface area contributed by atoms with E-state index in [1.807, 2.05) is 30.3 Å². The number of hydrogen-bond donors (Lipinski definition) is 1. The van der Waals surface area contributed by atoms with Crippen LogP contribution in [0.1, 0.15) is 31.7 Å². The second-order valence-electron chi connectivity index (χ2n) is 5.64. The first-order valence-corrected chi connectivity index (χ1v) is 8.41. The molecule has 2 rings (SSSR count). The molecule has 6 heteroatoms. The monoisotopic (exact) mass is 341 g/mol. The average Bonchev–Trinajstić information content (AvgIpc) is 3.12. The summed E-state index contributed by atoms with van der Waals surface area (Å²) in [7, 11) is 0. The summed E-state index contributed by atoms with van der Waals surface area (Å²) < 4.78 is 4.68. The highest BCUT2D eigenvalue weighted by atomic mass is 16.5. The Labute approximate surface area is 147 Å². The van der Waals surface area contributed by atoms with Crippen molar-refractivity contribution in [3.8, 4) is 0 Å². The number of anilines is 1. The van der Waals surface area contributed by atoms with Crippen LogP contribution in [0.3, 0.4) is 0 Å². The van der Waals surface area contributed by atoms with Crippen molar-refractivity contribution < 1.29 is 14.1 Å². The van der Waals surface area contributed by atoms with Gasteiger partial charge in [-0.15, -0.1) is 0 Å². The summed E-state index contributed by atoms with van der Waals surface area (Å²) in [6.45, 7) is 2.62. The van der Waals surface area contributed by atoms with Crippen LogP contribution in [-0.2, 0) is 9.59 Å². The molecule has 0 fully saturated rings. The van der Waals surface area contributed by atoms with E-state index in [4.69, 9.17) is 0 Å². The first-order valence-electron chi connectivity index (χ1n) is 8.41. The summed E-state index contributed by atoms with van der Waals surface area (Å²) in [6.07, 6.45) is 7.56. The van der Waals surface area contributed by atoms with Gasteiger partial charge < -0.3 is 14.7 Å². The van der Waals surface area contributed by atoms with E-state index in [1.165, 1.54) is 12.3 Å². The first-order chi connectivity index (χ1) is 12.2. The van der Waals surface area contributed by atoms with E-state index in [2.05, 4.69) is 21.9 Å². The lowest BCUT2D eigenvalue weighted by atomic mass is 10.2. The molecule has 0 unspecified atom stereocenters. The molecule has 25 heavy (non-hydrogen) atoms. The number of unbranched alkanes of at least 4 members (excludes halogenated alkanes) is 2. The summed E-state index contributed by atoms with van der Waals surface area (Å²) in [5.41, 5.74) is 0.941. The number of rotatable bonds is 9. The van der Waals surface area contributed by atoms with Crippen LogP contribution in [0.15, 0.2) is 53.3 Å². The zero-order valence-electron chi connectivity index (χ0n) is 14.4. The predicted octanol–water partition coefficient (Wildman–Crippen LogP) is 3.35. The average molecular weight is 341 g/mol. The van der Waals surface area contributed by atoms with E-state index < -0.39 is 0 Å². The minimum atomic E-state index is -0.299. The van der Waals surface area contributed by atoms with Gasteiger partial charge >= 0.3 is 0 Å². The van der Waals surface area contributed by atoms with Gasteiger partial charge in [0.05, 0.1) is 0 Å². The summed E-state index contributed by atoms with van der Waals surface area (Å²) in [5.74, 6) is -0.145. The van der Waals surface area contributed by atoms with Gasteiger partial charge in [0.1, 0.15) is 12.8 Å². The Kier molecular flexibility index (Phi) is 7.43. The molecule has 0 aliphatic carbocycles. The van der Waals surface area contributed by atoms with E-state index >= 15 is 0 Å². The van der Waals surface area contributed by atoms with Crippen LogP contribution in [0.5, 0.6) is 0 Å². The molecule has 1 N–H and O–H groups in total. The molecule has 0 aliphatic heterocycles. The van der Waals surface area contributed by atoms with E-state index in [0.717, 1.165) is 24.8 Å². The van der Waals surface area contributed by atoms with Gasteiger partial charge in [-0.05, 0) is 18.1 Å². The van der Waals surface area contributed by atoms with Gasteiger partial charge in [0.25, 0.3) is 0 Å². The second kappa shape index (κ2) is 10.1. The lowest BCUT2D eigenvalue weighted by molar-refractivity contribution is -0.130. The van der Waals surface area contributed by atoms with E-state index in [0.29, 0.717) is 12.4 Å². The SMILES string of the molecule is CCCCCN(CC(=O)Nc1ccon1)C(=O)C=Cc1ccccc1. The minimum absolute atomic E-state index is 0.0193. The molecule has 0 radical (unpaired) electrons. The van der Waals surface area contributed by atoms with Gasteiger partial charge in [-0.1, -0.05) is 55.3 Å². The summed E-state index contributed by atoms with van der Waals surface area (Å²) in [6, 6.07) is 11.1. The Hall–Kier alpha value is -2.89. The molecular formula is C19H23N3O3. The quantitative estimate of drug-likeness (QED) is 0.560. The third-order valence-electron chi connectivity index (χ3n) is 3.60. The molecule has 1 aromatic heterocycles. The Balaban J connectivity index is 1.96. The molecule has 0 atom stereocenters. The Morgan fingerprint density at radius 3 is 2.68 bits per heavy atom. The van der Waals surface area contributed by atoms with Crippen molar-refractivity contribution in [1.29, 1.82) is 0 Å². The topological polar surface area (TPSA) is 75.4 Å². The molecule has 0 saturated carbocycles. The highest BCUT2D eigenvalue weighted by Crippen LogP contribution is 2.06. The summed E-state index contributed by atoms with van der Waals surface area (Å²) in [4.78, 5) is 26.1. The van der Waals surface area contributed by atoms with E-state index in [9.17, 15) is 9.59 Å². The molecule has 1 aromatic carbocycles. The lowest BCUT2D eigenvalue weighted by Gasteiger charge is -2.20. The number of hydrogen-bond acceptors (Lipinski definition) is 4. The van der Waals surface area contributed by atoms with Crippen LogP contribution in [0, 0.1) is 0 Å². The maximum Gasteiger partial charge on any atom is 0.247 e. The molecule has 0 spiro atoms. The minimum Gasteiger partial charge on any atom is -0.363 e. The van der Waals surface area contributed by atoms with Crippen molar-refractivity contribution in [3.63, 3.8) is 0 Å². The van der Waals surface area contributed by atoms with Crippen molar-refractivity contribution in [2.24, 2.45) is 0 Å². The van der Waals surface area contributed by atoms with Crippen molar-refractivity contribution in [3.05, 3.63) is 54.3 Å². The molecular weight excluding hydrogens is 318 g/mol. The van der Waals surface area contributed by atoms with Crippen LogP contribution in [0.2, 0.25) is 0 Å². The van der Waals surface area contributed by atoms with Crippen LogP contribution in [-0.4, -0.2) is 35.0 Å². The van der Waals surface area contributed by atoms with Crippen molar-refractivity contribution in [2.75, 3.05) is 18.4 Å². The largest absolute Gasteiger partial charge is 0.363 e. The number of carbonyl (C=O) groups excluding carboxylic acids is 2. The number of carbonyl (C=O) groups is 2. The number of aromatic nitrogens is 1. The maximum absolute atomic E-state index is 12.5. The smallest absolute Gasteiger partial charge is 0.247 e. The maximum atomic E-state index is 12.5. The highest BCUT2D eigenvalue weighted by Gasteiger charge is 2.15. The first kappa shape index (κ1) is 18.4. The third-order valence-corrected chi connectivity index (χ3v) is 3.60. The van der Waals surface area contributed by atoms with Crippen LogP contribution < -0.4 is 5.32 Å². The Bertz CT molecular complexity index is 681. The number of nitrogens with one attached hydrogen (secondary N) is 1. The second-order valence-corrected chi connectivity index (χ2v) is 5.64. The molecule has 2 aromatic rings. The summed E-state index contributed by atoms with van der Waals surface area (Å²) in [5, 5.41) is 6.25. The zero-order valence-corrected chi connectivity index (χ0v) is 14.4. The number of benzene rings is 1. The van der Waals surface area contributed by atoms with Crippen LogP contribution in [0.25, 0.3) is 6.08 Å². The van der Waals surface area contributed by atoms with Crippen LogP contribution >= 0.6 is 0 Å². The molecule has 6 nitrogen and oxygen atoms in total. The molecule has 0 bridgehead atoms. The normalized spacial score (nSPS) is 10.8. The number of amides is 2. The fourth-order valence-corrected chi connectivity index (χ4v) is 2.29. The van der Waals surface area contributed by atoms with E-state index in [1.54, 1.807) is 17.0 Å². The van der Waals surface area contributed by atoms with Crippen molar-refractivity contribution >= 4 is 23.7 Å². The fourth-order valence-electron chi connectivity index (χ4n) is 2.29. The highest BCUT2D eigenvalue weighted by molar-refractivity contribution is 5.97. The van der Waals surface area contributed by atoms with Crippen molar-refractivity contribution in [1.82, 2.24) is 10.1 Å². The van der Waals surface area contributed by atoms with Gasteiger partial charge in [0.15, 0.2) is 5.82 Å². The zero-order chi connectivity index (χ0) is 17.9. The van der Waals surface area contributed by atoms with Gasteiger partial charge in [-0.2, -0.15) is 0 Å². The van der Waals surface area contributed by atoms with Crippen molar-refractivity contribution in [2.45, 2.75) is 26.2 Å². The van der Waals surface area contributed by atoms with Crippen LogP contribution in [0.4, 0.5) is 5.82 Å². The molecule has 0 aliphatic rings. The predicted molar refractivity (Wildman–Crippen MR) is 96.7 cm³/mol. The third kappa shape index (κ3) is 6.63. The molecule has 0 saturated heterocycles. The van der Waals surface area contributed by atoms with Gasteiger partial charge in [0.2, 0.25) is 11.8 Å².